The first-order valence-electron chi connectivity index (χ1n) is 50.5. The van der Waals surface area contributed by atoms with E-state index < -0.39 is 0 Å². The molecule has 768 valence electrons. The van der Waals surface area contributed by atoms with Gasteiger partial charge in [0.2, 0.25) is 47.6 Å². The summed E-state index contributed by atoms with van der Waals surface area (Å²) in [6.45, 7) is 22.7. The summed E-state index contributed by atoms with van der Waals surface area (Å²) in [6, 6.07) is 44.5. The molecule has 4 N–H and O–H groups in total. The molecule has 10 aromatic heterocycles. The van der Waals surface area contributed by atoms with Crippen molar-refractivity contribution in [2.75, 3.05) is 178 Å². The fourth-order valence-corrected chi connectivity index (χ4v) is 22.9. The minimum absolute atomic E-state index is 0.283. The van der Waals surface area contributed by atoms with Crippen LogP contribution in [0.1, 0.15) is 97.2 Å². The Balaban J connectivity index is 0.000000117. The van der Waals surface area contributed by atoms with Gasteiger partial charge < -0.3 is 49.8 Å². The molecule has 6 aliphatic heterocycles. The van der Waals surface area contributed by atoms with E-state index in [0.717, 1.165) is 252 Å². The van der Waals surface area contributed by atoms with Crippen LogP contribution in [0.25, 0.3) is 0 Å². The summed E-state index contributed by atoms with van der Waals surface area (Å²) in [6.07, 6.45) is 25.5. The number of aliphatic imine (C=N–C) groups is 2. The first-order valence-corrected chi connectivity index (χ1v) is 57.2. The molecule has 36 nitrogen and oxygen atoms in total. The van der Waals surface area contributed by atoms with E-state index in [1.54, 1.807) is 45.3 Å². The van der Waals surface area contributed by atoms with Gasteiger partial charge in [-0.05, 0) is 244 Å². The molecule has 0 unspecified atom stereocenters. The average Bonchev–Trinajstić information content (AvgIpc) is 1.29. The number of Topliss-reactive ketones (excluding diaryl/α,β-unsaturated/α-hetero) is 4. The number of carbonyl (C=O) groups excluding carboxylic acids is 4. The Bertz CT molecular complexity index is 7150. The number of aryl methyl sites for hydroxylation is 2. The molecule has 150 heavy (non-hydrogen) atoms. The third kappa shape index (κ3) is 28.7. The number of nitrogens with zero attached hydrogens (tertiary/aromatic N) is 28. The second kappa shape index (κ2) is 48.5. The first kappa shape index (κ1) is 102. The van der Waals surface area contributed by atoms with Gasteiger partial charge in [0, 0.05) is 231 Å². The number of benzene rings is 4. The van der Waals surface area contributed by atoms with Crippen molar-refractivity contribution in [2.45, 2.75) is 145 Å². The standard InChI is InChI=1S/C28H30N8OS.C27H28N8OS2.C26H28N8OS2.C25H26N8OS3/c1-19-16-24(30-18-19)31-26-32-27(36-14-12-35(13-15-36)25-4-2-3-11-29-25)34-28(33-26)38-22-9-5-20(6-10-22)17-23(37)21-7-8-21;1-18-17-29-26(37-18)31-24-30-25(35-14-12-34(13-15-35)23-4-2-3-11-28-23)33-27(32-24)38-21-9-5-19(6-10-21)16-22(36)20-7-8-20;1-17-14-22(28-16-17)29-23-30-24(33-9-11-34(12-10-33)26-27-8-13-36-26)32-25(31-23)37-20-6-2-18(3-7-20)15-21(35)19-4-5-19;1-16-15-27-23(36-16)29-21-28-22(32-9-11-33(12-10-32)25-26-8-13-35-25)31-24(30-21)37-19-6-2-17(3-7-19)14-20(34)18-4-5-18/h2-6,9-11,16,21H,7-8,12-15,17-18H2,1H3,(H,30,31,32,33,34);2-6,9-11,17,20H,7-8,12-16H2,1H3,(H,29,30,31,32,33);2-3,6-8,13-14,19H,4-5,9-12,15-16H2,1H3,(H,28,29,30,31,32);2-3,6-8,13,15,18H,4-5,9-12,14H2,1H3,(H,27,28,29,30,31). The van der Waals surface area contributed by atoms with Crippen LogP contribution in [0.4, 0.5) is 79.7 Å². The fourth-order valence-electron chi connectivity index (χ4n) is 17.2. The Kier molecular flexibility index (Phi) is 33.0. The smallest absolute Gasteiger partial charge is 0.234 e. The van der Waals surface area contributed by atoms with Crippen molar-refractivity contribution in [3.63, 3.8) is 0 Å². The second-order valence-corrected chi connectivity index (χ2v) is 46.3. The predicted octanol–water partition coefficient (Wildman–Crippen LogP) is 17.7. The molecule has 4 aromatic carbocycles. The Labute approximate surface area is 902 Å². The normalized spacial score (nSPS) is 16.5. The molecule has 8 fully saturated rings. The van der Waals surface area contributed by atoms with Crippen LogP contribution in [-0.4, -0.2) is 242 Å². The van der Waals surface area contributed by atoms with Crippen LogP contribution in [-0.2, 0) is 44.9 Å². The van der Waals surface area contributed by atoms with Crippen LogP contribution < -0.4 is 60.5 Å². The zero-order valence-corrected chi connectivity index (χ0v) is 90.0. The Morgan fingerprint density at radius 3 is 0.827 bits per heavy atom. The lowest BCUT2D eigenvalue weighted by Crippen LogP contribution is -2.47. The summed E-state index contributed by atoms with van der Waals surface area (Å²) in [7, 11) is 0. The van der Waals surface area contributed by atoms with E-state index in [9.17, 15) is 19.2 Å². The van der Waals surface area contributed by atoms with Gasteiger partial charge >= 0.3 is 0 Å². The molecule has 24 rings (SSSR count). The van der Waals surface area contributed by atoms with Gasteiger partial charge in [-0.15, -0.1) is 45.3 Å². The third-order valence-corrected chi connectivity index (χ3v) is 32.9. The molecular weight excluding hydrogens is 2040 g/mol. The summed E-state index contributed by atoms with van der Waals surface area (Å²) < 4.78 is 0. The lowest BCUT2D eigenvalue weighted by Gasteiger charge is -2.35. The molecule has 0 radical (unpaired) electrons. The molecule has 4 saturated heterocycles. The maximum atomic E-state index is 12.2. The summed E-state index contributed by atoms with van der Waals surface area (Å²) in [4.78, 5) is 166. The highest BCUT2D eigenvalue weighted by molar-refractivity contribution is 8.00. The number of ketones is 4. The van der Waals surface area contributed by atoms with Gasteiger partial charge in [0.1, 0.15) is 46.4 Å². The second-order valence-electron chi connectivity index (χ2n) is 38.0. The first-order chi connectivity index (χ1) is 73.3. The van der Waals surface area contributed by atoms with E-state index in [4.69, 9.17) is 44.9 Å². The molecular formula is C106H112N32O4S8. The predicted molar refractivity (Wildman–Crippen MR) is 597 cm³/mol. The molecule has 4 aliphatic carbocycles. The molecule has 4 saturated carbocycles. The van der Waals surface area contributed by atoms with E-state index in [0.29, 0.717) is 130 Å². The molecule has 44 heteroatoms. The molecule has 10 aliphatic rings. The largest absolute Gasteiger partial charge is 0.353 e. The topological polar surface area (TPSA) is 399 Å². The number of hydrogen-bond acceptors (Lipinski definition) is 44. The van der Waals surface area contributed by atoms with Crippen molar-refractivity contribution in [3.05, 3.63) is 237 Å². The minimum atomic E-state index is 0.283. The minimum Gasteiger partial charge on any atom is -0.353 e. The molecule has 14 aromatic rings. The number of thiazole rings is 4. The SMILES string of the molecule is CC1=CC(Nc2nc(Sc3ccc(CC(=O)C4CC4)cc3)nc(N3CCN(c4ccccn4)CC3)n2)=NC1.CC1=CC(Nc2nc(Sc3ccc(CC(=O)C4CC4)cc3)nc(N3CCN(c4nccs4)CC3)n2)=NC1.Cc1cnc(Nc2nc(Sc3ccc(CC(=O)C4CC4)cc3)nc(N3CCN(c4ccccn4)CC3)n2)s1.Cc1cnc(Nc2nc(Sc3ccc(CC(=O)C4CC4)cc3)nc(N3CCN(c4nccs4)CC3)n2)s1. The van der Waals surface area contributed by atoms with Crippen molar-refractivity contribution < 1.29 is 19.2 Å². The quantitative estimate of drug-likeness (QED) is 0.0291. The monoisotopic (exact) mass is 2150 g/mol. The fraction of sp³-hybridized carbons (Fsp3) is 0.358. The van der Waals surface area contributed by atoms with E-state index in [-0.39, 0.29) is 23.7 Å². The van der Waals surface area contributed by atoms with Gasteiger partial charge in [-0.3, -0.25) is 39.8 Å². The maximum absolute atomic E-state index is 12.2. The van der Waals surface area contributed by atoms with Gasteiger partial charge in [-0.25, -0.2) is 29.9 Å². The number of amidine groups is 2. The number of anilines is 14. The lowest BCUT2D eigenvalue weighted by atomic mass is 10.1. The van der Waals surface area contributed by atoms with Gasteiger partial charge in [-0.1, -0.05) is 60.7 Å². The summed E-state index contributed by atoms with van der Waals surface area (Å²) in [5.41, 5.74) is 6.61. The number of piperazine rings is 4. The number of hydrogen-bond donors (Lipinski definition) is 4. The number of nitrogens with one attached hydrogen (secondary N) is 4. The molecule has 16 heterocycles. The third-order valence-electron chi connectivity index (χ3n) is 26.1. The van der Waals surface area contributed by atoms with Crippen LogP contribution >= 0.6 is 92.4 Å². The van der Waals surface area contributed by atoms with E-state index in [1.807, 2.05) is 207 Å². The average molecular weight is 2150 g/mol. The van der Waals surface area contributed by atoms with Crippen LogP contribution in [0, 0.1) is 37.5 Å². The Hall–Kier alpha value is -13.8. The Morgan fingerprint density at radius 2 is 0.587 bits per heavy atom. The molecule has 0 spiro atoms. The van der Waals surface area contributed by atoms with Crippen LogP contribution in [0.15, 0.2) is 255 Å². The molecule has 0 atom stereocenters. The highest BCUT2D eigenvalue weighted by Gasteiger charge is 2.35. The van der Waals surface area contributed by atoms with Crippen molar-refractivity contribution >= 4 is 207 Å². The van der Waals surface area contributed by atoms with Crippen molar-refractivity contribution in [1.29, 1.82) is 0 Å². The van der Waals surface area contributed by atoms with Crippen LogP contribution in [0.5, 0.6) is 0 Å². The van der Waals surface area contributed by atoms with Crippen LogP contribution in [0.3, 0.4) is 0 Å². The number of aromatic nitrogens is 18. The van der Waals surface area contributed by atoms with Gasteiger partial charge in [0.25, 0.3) is 0 Å². The van der Waals surface area contributed by atoms with Crippen molar-refractivity contribution in [2.24, 2.45) is 33.7 Å². The van der Waals surface area contributed by atoms with Gasteiger partial charge in [0.05, 0.1) is 13.1 Å². The highest BCUT2D eigenvalue weighted by atomic mass is 32.2. The zero-order valence-electron chi connectivity index (χ0n) is 83.4. The number of rotatable bonds is 34. The summed E-state index contributed by atoms with van der Waals surface area (Å²) >= 11 is 12.4. The lowest BCUT2D eigenvalue weighted by molar-refractivity contribution is -0.120. The summed E-state index contributed by atoms with van der Waals surface area (Å²) in [5, 5.41) is 23.1. The van der Waals surface area contributed by atoms with E-state index in [2.05, 4.69) is 129 Å². The molecule has 0 bridgehead atoms. The Morgan fingerprint density at radius 1 is 0.307 bits per heavy atom. The van der Waals surface area contributed by atoms with E-state index in [1.165, 1.54) is 58.2 Å². The number of carbonyl (C=O) groups is 4. The van der Waals surface area contributed by atoms with Gasteiger partial charge in [0.15, 0.2) is 41.2 Å². The molecule has 0 amide bonds. The summed E-state index contributed by atoms with van der Waals surface area (Å²) in [5.74, 6) is 10.6. The zero-order chi connectivity index (χ0) is 102. The van der Waals surface area contributed by atoms with E-state index >= 15 is 0 Å². The van der Waals surface area contributed by atoms with Crippen molar-refractivity contribution in [3.8, 4) is 0 Å². The van der Waals surface area contributed by atoms with Crippen LogP contribution in [0.2, 0.25) is 0 Å². The maximum Gasteiger partial charge on any atom is 0.234 e. The van der Waals surface area contributed by atoms with Gasteiger partial charge in [-0.2, -0.15) is 59.8 Å². The number of pyridine rings is 2. The highest BCUT2D eigenvalue weighted by Crippen LogP contribution is 2.40. The van der Waals surface area contributed by atoms with Crippen molar-refractivity contribution in [1.82, 2.24) is 89.7 Å².